The summed E-state index contributed by atoms with van der Waals surface area (Å²) in [5.74, 6) is 0.795. The average molecular weight is 585 g/mol. The predicted octanol–water partition coefficient (Wildman–Crippen LogP) is 7.03. The molecule has 2 amide bonds. The number of carbonyl (C=O) groups excluding carboxylic acids is 2. The minimum absolute atomic E-state index is 0.0917. The number of carbonyl (C=O) groups is 2. The Bertz CT molecular complexity index is 1620. The summed E-state index contributed by atoms with van der Waals surface area (Å²) in [5, 5.41) is 14.3. The van der Waals surface area contributed by atoms with Gasteiger partial charge in [0.2, 0.25) is 0 Å². The van der Waals surface area contributed by atoms with Crippen molar-refractivity contribution in [1.82, 2.24) is 20.1 Å². The molecule has 2 aromatic carbocycles. The Morgan fingerprint density at radius 2 is 1.84 bits per heavy atom. The zero-order valence-corrected chi connectivity index (χ0v) is 25.7. The molecule has 3 N–H and O–H groups in total. The van der Waals surface area contributed by atoms with Crippen molar-refractivity contribution in [3.63, 3.8) is 0 Å². The van der Waals surface area contributed by atoms with E-state index < -0.39 is 5.60 Å². The second-order valence-corrected chi connectivity index (χ2v) is 12.9. The highest BCUT2D eigenvalue weighted by Gasteiger charge is 2.33. The molecule has 226 valence electrons. The molecule has 3 heterocycles. The molecule has 10 nitrogen and oxygen atoms in total. The van der Waals surface area contributed by atoms with Crippen molar-refractivity contribution in [3.05, 3.63) is 72.1 Å². The number of fused-ring (bicyclic) bond motifs is 1. The number of ether oxygens (including phenoxy) is 2. The number of anilines is 3. The van der Waals surface area contributed by atoms with E-state index in [9.17, 15) is 9.59 Å². The molecule has 1 atom stereocenters. The third-order valence-corrected chi connectivity index (χ3v) is 7.24. The van der Waals surface area contributed by atoms with Gasteiger partial charge >= 0.3 is 6.09 Å². The zero-order valence-electron chi connectivity index (χ0n) is 25.7. The van der Waals surface area contributed by atoms with Gasteiger partial charge in [0.1, 0.15) is 23.8 Å². The molecule has 0 bridgehead atoms. The first-order valence-electron chi connectivity index (χ1n) is 14.6. The first-order chi connectivity index (χ1) is 20.4. The van der Waals surface area contributed by atoms with Crippen molar-refractivity contribution in [2.45, 2.75) is 71.4 Å². The molecule has 0 saturated carbocycles. The van der Waals surface area contributed by atoms with Gasteiger partial charge in [0.25, 0.3) is 5.91 Å². The van der Waals surface area contributed by atoms with E-state index in [0.717, 1.165) is 35.0 Å². The van der Waals surface area contributed by atoms with E-state index in [4.69, 9.17) is 9.47 Å². The second-order valence-electron chi connectivity index (χ2n) is 12.9. The molecule has 1 unspecified atom stereocenters. The predicted molar refractivity (Wildman–Crippen MR) is 168 cm³/mol. The van der Waals surface area contributed by atoms with Gasteiger partial charge in [-0.05, 0) is 81.0 Å². The van der Waals surface area contributed by atoms with Crippen LogP contribution in [-0.2, 0) is 10.2 Å². The van der Waals surface area contributed by atoms with Gasteiger partial charge < -0.3 is 25.0 Å². The maximum atomic E-state index is 13.5. The largest absolute Gasteiger partial charge is 0.491 e. The van der Waals surface area contributed by atoms with Crippen LogP contribution in [0.1, 0.15) is 70.3 Å². The second kappa shape index (κ2) is 11.9. The molecule has 1 aliphatic rings. The van der Waals surface area contributed by atoms with Crippen LogP contribution in [0, 0.1) is 0 Å². The molecule has 4 aromatic rings. The summed E-state index contributed by atoms with van der Waals surface area (Å²) in [5.41, 5.74) is 2.89. The number of likely N-dealkylation sites (tertiary alicyclic amines) is 1. The van der Waals surface area contributed by atoms with Crippen LogP contribution in [0.5, 0.6) is 5.75 Å². The van der Waals surface area contributed by atoms with Gasteiger partial charge in [-0.2, -0.15) is 5.10 Å². The molecule has 43 heavy (non-hydrogen) atoms. The van der Waals surface area contributed by atoms with Crippen LogP contribution >= 0.6 is 0 Å². The number of aromatic nitrogens is 3. The Morgan fingerprint density at radius 3 is 2.60 bits per heavy atom. The van der Waals surface area contributed by atoms with E-state index in [1.54, 1.807) is 29.4 Å². The van der Waals surface area contributed by atoms with Crippen LogP contribution in [-0.4, -0.2) is 56.9 Å². The molecule has 2 aromatic heterocycles. The van der Waals surface area contributed by atoms with E-state index in [0.29, 0.717) is 36.0 Å². The molecule has 1 saturated heterocycles. The number of H-pyrrole nitrogens is 1. The van der Waals surface area contributed by atoms with Crippen LogP contribution in [0.2, 0.25) is 0 Å². The Morgan fingerprint density at radius 1 is 1.05 bits per heavy atom. The quantitative estimate of drug-likeness (QED) is 0.213. The lowest BCUT2D eigenvalue weighted by molar-refractivity contribution is 0.0186. The first kappa shape index (κ1) is 29.9. The fourth-order valence-corrected chi connectivity index (χ4v) is 5.13. The summed E-state index contributed by atoms with van der Waals surface area (Å²) in [6.07, 6.45) is 4.81. The van der Waals surface area contributed by atoms with Gasteiger partial charge in [0.05, 0.1) is 23.3 Å². The van der Waals surface area contributed by atoms with Gasteiger partial charge in [-0.1, -0.05) is 26.8 Å². The molecule has 1 fully saturated rings. The van der Waals surface area contributed by atoms with Gasteiger partial charge in [0.15, 0.2) is 0 Å². The fourth-order valence-electron chi connectivity index (χ4n) is 5.13. The normalized spacial score (nSPS) is 15.4. The van der Waals surface area contributed by atoms with Gasteiger partial charge in [-0.25, -0.2) is 9.78 Å². The highest BCUT2D eigenvalue weighted by Crippen LogP contribution is 2.35. The monoisotopic (exact) mass is 584 g/mol. The first-order valence-corrected chi connectivity index (χ1v) is 14.6. The summed E-state index contributed by atoms with van der Waals surface area (Å²) in [7, 11) is 0. The number of nitrogens with zero attached hydrogens (tertiary/aromatic N) is 3. The summed E-state index contributed by atoms with van der Waals surface area (Å²) >= 11 is 0. The number of benzene rings is 2. The minimum Gasteiger partial charge on any atom is -0.491 e. The maximum Gasteiger partial charge on any atom is 0.410 e. The van der Waals surface area contributed by atoms with Crippen molar-refractivity contribution >= 4 is 40.1 Å². The molecule has 0 radical (unpaired) electrons. The van der Waals surface area contributed by atoms with Crippen molar-refractivity contribution < 1.29 is 19.1 Å². The third kappa shape index (κ3) is 7.25. The van der Waals surface area contributed by atoms with E-state index >= 15 is 0 Å². The van der Waals surface area contributed by atoms with E-state index in [1.165, 1.54) is 0 Å². The smallest absolute Gasteiger partial charge is 0.410 e. The number of rotatable bonds is 7. The van der Waals surface area contributed by atoms with Crippen molar-refractivity contribution in [2.24, 2.45) is 0 Å². The lowest BCUT2D eigenvalue weighted by Crippen LogP contribution is -2.42. The summed E-state index contributed by atoms with van der Waals surface area (Å²) < 4.78 is 12.0. The molecule has 5 rings (SSSR count). The Hall–Kier alpha value is -4.60. The lowest BCUT2D eigenvalue weighted by atomic mass is 9.86. The number of hydrogen-bond acceptors (Lipinski definition) is 7. The third-order valence-electron chi connectivity index (χ3n) is 7.24. The summed E-state index contributed by atoms with van der Waals surface area (Å²) in [4.78, 5) is 32.5. The molecule has 10 heteroatoms. The van der Waals surface area contributed by atoms with Crippen LogP contribution in [0.3, 0.4) is 0 Å². The Balaban J connectivity index is 1.32. The maximum absolute atomic E-state index is 13.5. The molecule has 1 aliphatic heterocycles. The molecule has 0 spiro atoms. The number of nitrogens with one attached hydrogen (secondary N) is 3. The van der Waals surface area contributed by atoms with Crippen molar-refractivity contribution in [1.29, 1.82) is 0 Å². The summed E-state index contributed by atoms with van der Waals surface area (Å²) in [6, 6.07) is 14.8. The minimum atomic E-state index is -0.562. The SMILES string of the molecule is CC(C)(C)OC(=O)N1CCCC1COc1cc(NC(=O)c2cccnc2Nc2ccc3cn[nH]c3c2)ccc1C(C)(C)C. The number of aromatic amines is 1. The fraction of sp³-hybridized carbons (Fsp3) is 0.394. The van der Waals surface area contributed by atoms with Crippen LogP contribution in [0.15, 0.2) is 60.9 Å². The topological polar surface area (TPSA) is 121 Å². The molecular formula is C33H40N6O4. The van der Waals surface area contributed by atoms with Crippen molar-refractivity contribution in [3.8, 4) is 5.75 Å². The number of amides is 2. The van der Waals surface area contributed by atoms with Gasteiger partial charge in [-0.15, -0.1) is 0 Å². The summed E-state index contributed by atoms with van der Waals surface area (Å²) in [6.45, 7) is 12.9. The van der Waals surface area contributed by atoms with E-state index in [-0.39, 0.29) is 23.5 Å². The van der Waals surface area contributed by atoms with Gasteiger partial charge in [-0.3, -0.25) is 9.89 Å². The Labute approximate surface area is 252 Å². The Kier molecular flexibility index (Phi) is 8.30. The highest BCUT2D eigenvalue weighted by molar-refractivity contribution is 6.08. The van der Waals surface area contributed by atoms with E-state index in [1.807, 2.05) is 57.2 Å². The lowest BCUT2D eigenvalue weighted by Gasteiger charge is -2.29. The number of hydrogen-bond donors (Lipinski definition) is 3. The van der Waals surface area contributed by atoms with E-state index in [2.05, 4.69) is 46.6 Å². The molecule has 0 aliphatic carbocycles. The van der Waals surface area contributed by atoms with Crippen LogP contribution in [0.4, 0.5) is 22.0 Å². The molecular weight excluding hydrogens is 544 g/mol. The average Bonchev–Trinajstić information content (AvgIpc) is 3.60. The number of pyridine rings is 1. The standard InChI is InChI=1S/C33H40N6O4/c1-32(2,3)26-14-13-23(18-28(26)42-20-24-9-8-16-39(24)31(41)43-33(4,5)6)37-30(40)25-10-7-15-34-29(25)36-22-12-11-21-19-35-38-27(21)17-22/h7,10-15,17-19,24H,8-9,16,20H2,1-6H3,(H,34,36)(H,35,38)(H,37,40). The van der Waals surface area contributed by atoms with Crippen molar-refractivity contribution in [2.75, 3.05) is 23.8 Å². The van der Waals surface area contributed by atoms with Crippen LogP contribution < -0.4 is 15.4 Å². The van der Waals surface area contributed by atoms with Gasteiger partial charge in [0, 0.05) is 35.6 Å². The van der Waals surface area contributed by atoms with Crippen LogP contribution in [0.25, 0.3) is 10.9 Å². The zero-order chi connectivity index (χ0) is 30.8. The highest BCUT2D eigenvalue weighted by atomic mass is 16.6.